The largest absolute Gasteiger partial charge is 0.496 e. The number of hydrogen-bond donors (Lipinski definition) is 2. The number of aryl methyl sites for hydroxylation is 1. The average molecular weight is 315 g/mol. The van der Waals surface area contributed by atoms with Crippen molar-refractivity contribution in [2.24, 2.45) is 4.99 Å². The minimum absolute atomic E-state index is 0.193. The lowest BCUT2D eigenvalue weighted by Crippen LogP contribution is -2.36. The molecule has 5 heteroatoms. The summed E-state index contributed by atoms with van der Waals surface area (Å²) in [7, 11) is 3.35. The van der Waals surface area contributed by atoms with Crippen LogP contribution in [0.1, 0.15) is 16.7 Å². The van der Waals surface area contributed by atoms with Crippen LogP contribution in [-0.4, -0.2) is 20.1 Å². The Morgan fingerprint density at radius 3 is 2.57 bits per heavy atom. The average Bonchev–Trinajstić information content (AvgIpc) is 2.58. The maximum absolute atomic E-state index is 13.6. The van der Waals surface area contributed by atoms with Crippen LogP contribution in [0, 0.1) is 12.7 Å². The third-order valence-corrected chi connectivity index (χ3v) is 3.56. The maximum Gasteiger partial charge on any atom is 0.191 e. The minimum atomic E-state index is -0.193. The fourth-order valence-corrected chi connectivity index (χ4v) is 2.18. The number of nitrogens with one attached hydrogen (secondary N) is 2. The molecule has 0 fully saturated rings. The zero-order chi connectivity index (χ0) is 16.7. The van der Waals surface area contributed by atoms with Gasteiger partial charge in [-0.3, -0.25) is 4.99 Å². The van der Waals surface area contributed by atoms with Crippen LogP contribution in [0.15, 0.2) is 47.5 Å². The van der Waals surface area contributed by atoms with Crippen molar-refractivity contribution in [3.8, 4) is 5.75 Å². The van der Waals surface area contributed by atoms with Gasteiger partial charge < -0.3 is 15.4 Å². The predicted molar refractivity (Wildman–Crippen MR) is 91.2 cm³/mol. The van der Waals surface area contributed by atoms with Crippen molar-refractivity contribution < 1.29 is 9.13 Å². The van der Waals surface area contributed by atoms with E-state index in [4.69, 9.17) is 4.74 Å². The normalized spacial score (nSPS) is 11.2. The van der Waals surface area contributed by atoms with E-state index in [1.807, 2.05) is 30.3 Å². The molecular formula is C18H22FN3O. The van der Waals surface area contributed by atoms with Crippen molar-refractivity contribution in [2.45, 2.75) is 20.0 Å². The lowest BCUT2D eigenvalue weighted by atomic mass is 10.1. The number of benzene rings is 2. The van der Waals surface area contributed by atoms with Gasteiger partial charge in [0.05, 0.1) is 7.11 Å². The summed E-state index contributed by atoms with van der Waals surface area (Å²) in [4.78, 5) is 4.17. The molecule has 122 valence electrons. The highest BCUT2D eigenvalue weighted by molar-refractivity contribution is 5.79. The van der Waals surface area contributed by atoms with Gasteiger partial charge in [-0.1, -0.05) is 30.3 Å². The van der Waals surface area contributed by atoms with Crippen LogP contribution in [0.4, 0.5) is 4.39 Å². The number of para-hydroxylation sites is 1. The Kier molecular flexibility index (Phi) is 5.97. The van der Waals surface area contributed by atoms with Crippen LogP contribution in [-0.2, 0) is 13.1 Å². The van der Waals surface area contributed by atoms with Gasteiger partial charge in [0.2, 0.25) is 0 Å². The van der Waals surface area contributed by atoms with Crippen molar-refractivity contribution in [1.29, 1.82) is 0 Å². The van der Waals surface area contributed by atoms with Crippen molar-refractivity contribution >= 4 is 5.96 Å². The molecule has 2 aromatic carbocycles. The Bertz CT molecular complexity index is 686. The van der Waals surface area contributed by atoms with Crippen molar-refractivity contribution in [3.05, 3.63) is 65.0 Å². The summed E-state index contributed by atoms with van der Waals surface area (Å²) in [5.74, 6) is 1.29. The van der Waals surface area contributed by atoms with Crippen LogP contribution in [0.2, 0.25) is 0 Å². The van der Waals surface area contributed by atoms with Crippen LogP contribution in [0.3, 0.4) is 0 Å². The molecule has 23 heavy (non-hydrogen) atoms. The molecule has 2 rings (SSSR count). The fourth-order valence-electron chi connectivity index (χ4n) is 2.18. The van der Waals surface area contributed by atoms with E-state index >= 15 is 0 Å². The van der Waals surface area contributed by atoms with Crippen molar-refractivity contribution in [1.82, 2.24) is 10.6 Å². The SMILES string of the molecule is CN=C(NCc1ccc(C)c(F)c1)NCc1ccccc1OC. The Balaban J connectivity index is 1.92. The fraction of sp³-hybridized carbons (Fsp3) is 0.278. The molecule has 0 heterocycles. The summed E-state index contributed by atoms with van der Waals surface area (Å²) in [5, 5.41) is 6.39. The van der Waals surface area contributed by atoms with Gasteiger partial charge >= 0.3 is 0 Å². The molecule has 0 unspecified atom stereocenters. The number of methoxy groups -OCH3 is 1. The molecule has 0 saturated heterocycles. The van der Waals surface area contributed by atoms with Crippen LogP contribution < -0.4 is 15.4 Å². The molecule has 0 aliphatic heterocycles. The molecule has 0 aliphatic carbocycles. The number of guanidine groups is 1. The molecule has 0 radical (unpaired) electrons. The number of hydrogen-bond acceptors (Lipinski definition) is 2. The molecule has 0 aromatic heterocycles. The van der Waals surface area contributed by atoms with Crippen LogP contribution in [0.5, 0.6) is 5.75 Å². The number of aliphatic imine (C=N–C) groups is 1. The molecule has 0 atom stereocenters. The van der Waals surface area contributed by atoms with E-state index in [2.05, 4.69) is 15.6 Å². The Morgan fingerprint density at radius 1 is 1.13 bits per heavy atom. The Hall–Kier alpha value is -2.56. The molecule has 0 amide bonds. The zero-order valence-electron chi connectivity index (χ0n) is 13.7. The topological polar surface area (TPSA) is 45.7 Å². The third kappa shape index (κ3) is 4.71. The smallest absolute Gasteiger partial charge is 0.191 e. The number of rotatable bonds is 5. The van der Waals surface area contributed by atoms with Gasteiger partial charge in [0.1, 0.15) is 11.6 Å². The predicted octanol–water partition coefficient (Wildman–Crippen LogP) is 3.01. The van der Waals surface area contributed by atoms with Gasteiger partial charge in [0.15, 0.2) is 5.96 Å². The summed E-state index contributed by atoms with van der Waals surface area (Å²) in [6.45, 7) is 2.84. The lowest BCUT2D eigenvalue weighted by Gasteiger charge is -2.14. The van der Waals surface area contributed by atoms with Gasteiger partial charge in [-0.05, 0) is 30.2 Å². The number of ether oxygens (including phenoxy) is 1. The first kappa shape index (κ1) is 16.8. The maximum atomic E-state index is 13.6. The molecule has 0 aliphatic rings. The molecular weight excluding hydrogens is 293 g/mol. The lowest BCUT2D eigenvalue weighted by molar-refractivity contribution is 0.409. The first-order chi connectivity index (χ1) is 11.1. The van der Waals surface area contributed by atoms with Crippen molar-refractivity contribution in [3.63, 3.8) is 0 Å². The number of halogens is 1. The molecule has 2 aromatic rings. The van der Waals surface area contributed by atoms with Gasteiger partial charge in [-0.15, -0.1) is 0 Å². The van der Waals surface area contributed by atoms with E-state index < -0.39 is 0 Å². The van der Waals surface area contributed by atoms with Crippen LogP contribution >= 0.6 is 0 Å². The van der Waals surface area contributed by atoms with E-state index in [9.17, 15) is 4.39 Å². The third-order valence-electron chi connectivity index (χ3n) is 3.56. The first-order valence-corrected chi connectivity index (χ1v) is 7.45. The number of nitrogens with zero attached hydrogens (tertiary/aromatic N) is 1. The second-order valence-electron chi connectivity index (χ2n) is 5.17. The van der Waals surface area contributed by atoms with E-state index in [0.717, 1.165) is 16.9 Å². The van der Waals surface area contributed by atoms with Gasteiger partial charge in [0.25, 0.3) is 0 Å². The van der Waals surface area contributed by atoms with Crippen molar-refractivity contribution in [2.75, 3.05) is 14.2 Å². The molecule has 0 spiro atoms. The highest BCUT2D eigenvalue weighted by Gasteiger charge is 2.04. The molecule has 0 bridgehead atoms. The van der Waals surface area contributed by atoms with Gasteiger partial charge in [-0.2, -0.15) is 0 Å². The van der Waals surface area contributed by atoms with E-state index in [-0.39, 0.29) is 5.82 Å². The first-order valence-electron chi connectivity index (χ1n) is 7.45. The second kappa shape index (κ2) is 8.17. The van der Waals surface area contributed by atoms with E-state index in [1.165, 1.54) is 6.07 Å². The quantitative estimate of drug-likeness (QED) is 0.658. The van der Waals surface area contributed by atoms with Gasteiger partial charge in [0, 0.05) is 25.7 Å². The Morgan fingerprint density at radius 2 is 1.87 bits per heavy atom. The monoisotopic (exact) mass is 315 g/mol. The van der Waals surface area contributed by atoms with Gasteiger partial charge in [-0.25, -0.2) is 4.39 Å². The standard InChI is InChI=1S/C18H22FN3O/c1-13-8-9-14(10-16(13)19)11-21-18(20-2)22-12-15-6-4-5-7-17(15)23-3/h4-10H,11-12H2,1-3H3,(H2,20,21,22). The summed E-state index contributed by atoms with van der Waals surface area (Å²) < 4.78 is 18.9. The molecule has 2 N–H and O–H groups in total. The minimum Gasteiger partial charge on any atom is -0.496 e. The highest BCUT2D eigenvalue weighted by Crippen LogP contribution is 2.16. The molecule has 4 nitrogen and oxygen atoms in total. The van der Waals surface area contributed by atoms with Crippen LogP contribution in [0.25, 0.3) is 0 Å². The Labute approximate surface area is 136 Å². The molecule has 0 saturated carbocycles. The second-order valence-corrected chi connectivity index (χ2v) is 5.17. The summed E-state index contributed by atoms with van der Waals surface area (Å²) in [6, 6.07) is 13.0. The summed E-state index contributed by atoms with van der Waals surface area (Å²) in [6.07, 6.45) is 0. The highest BCUT2D eigenvalue weighted by atomic mass is 19.1. The zero-order valence-corrected chi connectivity index (χ0v) is 13.7. The summed E-state index contributed by atoms with van der Waals surface area (Å²) in [5.41, 5.74) is 2.56. The van der Waals surface area contributed by atoms with E-state index in [1.54, 1.807) is 27.1 Å². The van der Waals surface area contributed by atoms with E-state index in [0.29, 0.717) is 24.6 Å². The summed E-state index contributed by atoms with van der Waals surface area (Å²) >= 11 is 0.